The van der Waals surface area contributed by atoms with Crippen LogP contribution in [0.4, 0.5) is 0 Å². The number of nitrogens with two attached hydrogens (primary N) is 1. The van der Waals surface area contributed by atoms with Crippen LogP contribution >= 0.6 is 12.4 Å². The van der Waals surface area contributed by atoms with Gasteiger partial charge in [-0.15, -0.1) is 12.4 Å². The van der Waals surface area contributed by atoms with Crippen LogP contribution in [0.5, 0.6) is 0 Å². The Hall–Kier alpha value is -0.990. The number of aromatic amines is 1. The van der Waals surface area contributed by atoms with Gasteiger partial charge in [0.05, 0.1) is 0 Å². The fraction of sp³-hybridized carbons (Fsp3) is 0.200. The summed E-state index contributed by atoms with van der Waals surface area (Å²) in [5.41, 5.74) is 1.21. The molecule has 70 valence electrons. The molecule has 3 heteroatoms. The van der Waals surface area contributed by atoms with E-state index in [1.165, 1.54) is 0 Å². The fourth-order valence-electron chi connectivity index (χ4n) is 1.28. The number of benzene rings is 1. The molecule has 2 aromatic rings. The van der Waals surface area contributed by atoms with E-state index >= 15 is 0 Å². The second-order valence-corrected chi connectivity index (χ2v) is 2.56. The normalized spacial score (nSPS) is 19.3. The van der Waals surface area contributed by atoms with Gasteiger partial charge in [-0.05, 0) is 24.5 Å². The molecule has 0 aliphatic heterocycles. The number of rotatable bonds is 3. The number of aryl methyl sites for hydroxylation is 1. The highest BCUT2D eigenvalue weighted by Crippen LogP contribution is 2.17. The number of halogens is 1. The van der Waals surface area contributed by atoms with Crippen LogP contribution in [0, 0.1) is 0 Å². The van der Waals surface area contributed by atoms with E-state index in [1.807, 2.05) is 12.1 Å². The molecule has 1 heterocycles. The molecule has 1 aromatic heterocycles. The Morgan fingerprint density at radius 2 is 2.31 bits per heavy atom. The first-order valence-electron chi connectivity index (χ1n) is 6.18. The third-order valence-corrected chi connectivity index (χ3v) is 1.84. The Bertz CT molecular complexity index is 528. The third kappa shape index (κ3) is 1.85. The summed E-state index contributed by atoms with van der Waals surface area (Å²) >= 11 is 0. The second-order valence-electron chi connectivity index (χ2n) is 2.56. The first kappa shape index (κ1) is 5.03. The van der Waals surface area contributed by atoms with Crippen molar-refractivity contribution in [3.8, 4) is 0 Å². The molecule has 1 aromatic carbocycles. The molecule has 0 aliphatic carbocycles. The summed E-state index contributed by atoms with van der Waals surface area (Å²) in [6.45, 7) is -2.36. The molecule has 0 spiro atoms. The third-order valence-electron chi connectivity index (χ3n) is 1.84. The topological polar surface area (TPSA) is 41.8 Å². The SMILES string of the molecule is Cl.[2H]C(c1c[nH]c2ccccc12)C([2H])([2H])N([2H])[2H]. The standard InChI is InChI=1S/C10H12N2.ClH/c11-6-5-8-7-12-10-4-2-1-3-9(8)10;/h1-4,7,12H,5-6,11H2;1H/i5D,6D2;/hD2. The van der Waals surface area contributed by atoms with E-state index in [1.54, 1.807) is 18.3 Å². The van der Waals surface area contributed by atoms with Gasteiger partial charge in [-0.1, -0.05) is 18.2 Å². The minimum absolute atomic E-state index is 0. The van der Waals surface area contributed by atoms with Crippen LogP contribution in [0.25, 0.3) is 10.9 Å². The van der Waals surface area contributed by atoms with Crippen molar-refractivity contribution >= 4 is 23.3 Å². The van der Waals surface area contributed by atoms with Gasteiger partial charge in [0.1, 0.15) is 2.82 Å². The monoisotopic (exact) mass is 201 g/mol. The summed E-state index contributed by atoms with van der Waals surface area (Å²) < 4.78 is 37.0. The minimum Gasteiger partial charge on any atom is -0.361 e. The second kappa shape index (κ2) is 4.30. The number of hydrogen-bond acceptors (Lipinski definition) is 1. The van der Waals surface area contributed by atoms with E-state index in [9.17, 15) is 0 Å². The lowest BCUT2D eigenvalue weighted by molar-refractivity contribution is 0.976. The molecule has 0 bridgehead atoms. The zero-order valence-corrected chi connectivity index (χ0v) is 7.64. The summed E-state index contributed by atoms with van der Waals surface area (Å²) in [5, 5.41) is 0.748. The number of para-hydroxylation sites is 1. The Morgan fingerprint density at radius 3 is 3.15 bits per heavy atom. The molecule has 0 saturated carbocycles. The van der Waals surface area contributed by atoms with Gasteiger partial charge in [-0.3, -0.25) is 0 Å². The highest BCUT2D eigenvalue weighted by molar-refractivity contribution is 5.85. The lowest BCUT2D eigenvalue weighted by atomic mass is 10.1. The first-order valence-corrected chi connectivity index (χ1v) is 3.71. The smallest absolute Gasteiger partial charge is 0.118 e. The fourth-order valence-corrected chi connectivity index (χ4v) is 1.28. The van der Waals surface area contributed by atoms with Crippen molar-refractivity contribution in [3.63, 3.8) is 0 Å². The molecule has 1 atom stereocenters. The van der Waals surface area contributed by atoms with Gasteiger partial charge in [0, 0.05) is 21.2 Å². The number of aromatic nitrogens is 1. The average Bonchev–Trinajstić information content (AvgIpc) is 2.71. The van der Waals surface area contributed by atoms with Crippen LogP contribution in [-0.4, -0.2) is 11.5 Å². The van der Waals surface area contributed by atoms with E-state index in [4.69, 9.17) is 6.94 Å². The van der Waals surface area contributed by atoms with Gasteiger partial charge in [0.15, 0.2) is 0 Å². The number of H-pyrrole nitrogens is 1. The molecule has 13 heavy (non-hydrogen) atoms. The molecule has 0 aliphatic rings. The quantitative estimate of drug-likeness (QED) is 0.785. The van der Waals surface area contributed by atoms with E-state index in [-0.39, 0.29) is 18.1 Å². The molecule has 3 N–H and O–H groups in total. The maximum Gasteiger partial charge on any atom is 0.118 e. The lowest BCUT2D eigenvalue weighted by Gasteiger charge is -1.93. The zero-order chi connectivity index (χ0) is 12.6. The van der Waals surface area contributed by atoms with Gasteiger partial charge in [-0.25, -0.2) is 0 Å². The summed E-state index contributed by atoms with van der Waals surface area (Å²) in [6, 6.07) is 7.27. The van der Waals surface area contributed by atoms with Crippen LogP contribution < -0.4 is 5.72 Å². The van der Waals surface area contributed by atoms with E-state index in [0.717, 1.165) is 10.9 Å². The summed E-state index contributed by atoms with van der Waals surface area (Å²) in [6.07, 6.45) is 0.248. The van der Waals surface area contributed by atoms with Crippen LogP contribution in [-0.2, 0) is 6.40 Å². The Balaban J connectivity index is 0.00000162. The van der Waals surface area contributed by atoms with Crippen molar-refractivity contribution in [2.75, 3.05) is 6.50 Å². The molecule has 1 unspecified atom stereocenters. The highest BCUT2D eigenvalue weighted by atomic mass is 35.5. The zero-order valence-electron chi connectivity index (χ0n) is 11.8. The largest absolute Gasteiger partial charge is 0.361 e. The molecule has 0 radical (unpaired) electrons. The number of hydrogen-bond donors (Lipinski definition) is 2. The van der Waals surface area contributed by atoms with Crippen LogP contribution in [0.3, 0.4) is 0 Å². The highest BCUT2D eigenvalue weighted by Gasteiger charge is 1.99. The van der Waals surface area contributed by atoms with Gasteiger partial charge in [-0.2, -0.15) is 0 Å². The van der Waals surface area contributed by atoms with Gasteiger partial charge >= 0.3 is 0 Å². The maximum atomic E-state index is 7.87. The Kier molecular flexibility index (Phi) is 1.67. The van der Waals surface area contributed by atoms with E-state index in [2.05, 4.69) is 4.98 Å². The van der Waals surface area contributed by atoms with Gasteiger partial charge in [0.2, 0.25) is 0 Å². The Labute approximate surface area is 90.7 Å². The number of nitrogens with one attached hydrogen (secondary N) is 1. The number of fused-ring (bicyclic) bond motifs is 1. The van der Waals surface area contributed by atoms with Crippen LogP contribution in [0.2, 0.25) is 2.82 Å². The van der Waals surface area contributed by atoms with Crippen molar-refractivity contribution < 1.29 is 6.94 Å². The van der Waals surface area contributed by atoms with E-state index < -0.39 is 12.9 Å². The van der Waals surface area contributed by atoms with Crippen LogP contribution in [0.1, 0.15) is 9.68 Å². The predicted molar refractivity (Wildman–Crippen MR) is 58.3 cm³/mol. The minimum atomic E-state index is -2.36. The first-order chi connectivity index (χ1) is 7.94. The molecule has 0 fully saturated rings. The molecular weight excluding hydrogens is 184 g/mol. The summed E-state index contributed by atoms with van der Waals surface area (Å²) in [7, 11) is 0. The molecule has 2 rings (SSSR count). The maximum absolute atomic E-state index is 7.87. The summed E-state index contributed by atoms with van der Waals surface area (Å²) in [4.78, 5) is 2.95. The van der Waals surface area contributed by atoms with Crippen molar-refractivity contribution in [1.82, 2.24) is 4.98 Å². The van der Waals surface area contributed by atoms with E-state index in [0.29, 0.717) is 5.56 Å². The Morgan fingerprint density at radius 1 is 1.46 bits per heavy atom. The summed E-state index contributed by atoms with van der Waals surface area (Å²) in [5.74, 6) is 0. The van der Waals surface area contributed by atoms with Gasteiger partial charge in [0.25, 0.3) is 0 Å². The van der Waals surface area contributed by atoms with Gasteiger partial charge < -0.3 is 10.7 Å². The molecule has 0 saturated heterocycles. The lowest BCUT2D eigenvalue weighted by Crippen LogP contribution is -2.01. The average molecular weight is 202 g/mol. The molecular formula is C10H13ClN2. The molecule has 2 nitrogen and oxygen atoms in total. The molecule has 0 amide bonds. The van der Waals surface area contributed by atoms with Crippen molar-refractivity contribution in [3.05, 3.63) is 36.0 Å². The predicted octanol–water partition coefficient (Wildman–Crippen LogP) is 2.09. The van der Waals surface area contributed by atoms with Crippen molar-refractivity contribution in [2.45, 2.75) is 6.40 Å². The van der Waals surface area contributed by atoms with Crippen molar-refractivity contribution in [2.24, 2.45) is 5.72 Å². The van der Waals surface area contributed by atoms with Crippen LogP contribution in [0.15, 0.2) is 30.5 Å². The van der Waals surface area contributed by atoms with Crippen molar-refractivity contribution in [1.29, 1.82) is 0 Å².